The predicted octanol–water partition coefficient (Wildman–Crippen LogP) is 2.09. The van der Waals surface area contributed by atoms with Crippen LogP contribution in [-0.4, -0.2) is 24.4 Å². The fourth-order valence-corrected chi connectivity index (χ4v) is 1.65. The highest BCUT2D eigenvalue weighted by Gasteiger charge is 2.06. The van der Waals surface area contributed by atoms with Crippen molar-refractivity contribution in [3.63, 3.8) is 0 Å². The zero-order valence-corrected chi connectivity index (χ0v) is 12.1. The molecule has 0 saturated heterocycles. The van der Waals surface area contributed by atoms with E-state index < -0.39 is 0 Å². The van der Waals surface area contributed by atoms with Crippen LogP contribution in [0.25, 0.3) is 0 Å². The van der Waals surface area contributed by atoms with Gasteiger partial charge in [-0.15, -0.1) is 0 Å². The monoisotopic (exact) mass is 312 g/mol. The zero-order chi connectivity index (χ0) is 13.5. The van der Waals surface area contributed by atoms with Crippen LogP contribution in [0.4, 0.5) is 0 Å². The molecular formula is C13H17BrN2O2. The van der Waals surface area contributed by atoms with Crippen LogP contribution >= 0.6 is 15.9 Å². The highest BCUT2D eigenvalue weighted by Crippen LogP contribution is 2.10. The van der Waals surface area contributed by atoms with Gasteiger partial charge in [-0.05, 0) is 38.1 Å². The van der Waals surface area contributed by atoms with Gasteiger partial charge in [0.05, 0.1) is 0 Å². The normalized spacial score (nSPS) is 10.2. The van der Waals surface area contributed by atoms with Crippen LogP contribution < -0.4 is 10.6 Å². The molecule has 18 heavy (non-hydrogen) atoms. The SMILES string of the molecule is CC(C)NC(=O)CCNC(=O)c1ccc(Br)cc1. The van der Waals surface area contributed by atoms with Gasteiger partial charge >= 0.3 is 0 Å². The fourth-order valence-electron chi connectivity index (χ4n) is 1.39. The molecular weight excluding hydrogens is 296 g/mol. The summed E-state index contributed by atoms with van der Waals surface area (Å²) in [7, 11) is 0. The van der Waals surface area contributed by atoms with Gasteiger partial charge in [-0.1, -0.05) is 15.9 Å². The maximum Gasteiger partial charge on any atom is 0.251 e. The quantitative estimate of drug-likeness (QED) is 0.874. The largest absolute Gasteiger partial charge is 0.354 e. The minimum absolute atomic E-state index is 0.0545. The molecule has 0 fully saturated rings. The summed E-state index contributed by atoms with van der Waals surface area (Å²) in [5.41, 5.74) is 0.586. The van der Waals surface area contributed by atoms with Crippen LogP contribution in [0.5, 0.6) is 0 Å². The molecule has 2 amide bonds. The first kappa shape index (κ1) is 14.7. The molecule has 0 radical (unpaired) electrons. The highest BCUT2D eigenvalue weighted by molar-refractivity contribution is 9.10. The maximum atomic E-state index is 11.7. The van der Waals surface area contributed by atoms with Crippen molar-refractivity contribution in [2.24, 2.45) is 0 Å². The third kappa shape index (κ3) is 5.31. The van der Waals surface area contributed by atoms with Gasteiger partial charge in [0, 0.05) is 29.0 Å². The number of amides is 2. The van der Waals surface area contributed by atoms with Crippen molar-refractivity contribution in [1.82, 2.24) is 10.6 Å². The van der Waals surface area contributed by atoms with Gasteiger partial charge in [0.25, 0.3) is 5.91 Å². The Morgan fingerprint density at radius 2 is 1.83 bits per heavy atom. The minimum Gasteiger partial charge on any atom is -0.354 e. The summed E-state index contributed by atoms with van der Waals surface area (Å²) in [4.78, 5) is 23.0. The lowest BCUT2D eigenvalue weighted by atomic mass is 10.2. The lowest BCUT2D eigenvalue weighted by Gasteiger charge is -2.09. The average Bonchev–Trinajstić information content (AvgIpc) is 2.28. The van der Waals surface area contributed by atoms with E-state index in [0.717, 1.165) is 4.47 Å². The standard InChI is InChI=1S/C13H17BrN2O2/c1-9(2)16-12(17)7-8-15-13(18)10-3-5-11(14)6-4-10/h3-6,9H,7-8H2,1-2H3,(H,15,18)(H,16,17). The molecule has 0 saturated carbocycles. The molecule has 1 aromatic rings. The fraction of sp³-hybridized carbons (Fsp3) is 0.385. The van der Waals surface area contributed by atoms with E-state index in [0.29, 0.717) is 18.5 Å². The van der Waals surface area contributed by atoms with Crippen molar-refractivity contribution >= 4 is 27.7 Å². The van der Waals surface area contributed by atoms with E-state index in [1.54, 1.807) is 24.3 Å². The number of carbonyl (C=O) groups is 2. The van der Waals surface area contributed by atoms with E-state index in [-0.39, 0.29) is 17.9 Å². The molecule has 1 rings (SSSR count). The number of carbonyl (C=O) groups excluding carboxylic acids is 2. The van der Waals surface area contributed by atoms with Gasteiger partial charge in [0.2, 0.25) is 5.91 Å². The van der Waals surface area contributed by atoms with Crippen LogP contribution in [0.2, 0.25) is 0 Å². The molecule has 1 aromatic carbocycles. The van der Waals surface area contributed by atoms with Crippen LogP contribution in [0.3, 0.4) is 0 Å². The van der Waals surface area contributed by atoms with Gasteiger partial charge in [-0.25, -0.2) is 0 Å². The van der Waals surface area contributed by atoms with E-state index in [4.69, 9.17) is 0 Å². The van der Waals surface area contributed by atoms with Crippen LogP contribution in [0.1, 0.15) is 30.6 Å². The summed E-state index contributed by atoms with van der Waals surface area (Å²) in [5.74, 6) is -0.221. The molecule has 0 atom stereocenters. The van der Waals surface area contributed by atoms with Crippen molar-refractivity contribution < 1.29 is 9.59 Å². The Kier molecular flexibility index (Phi) is 5.85. The van der Waals surface area contributed by atoms with Crippen molar-refractivity contribution in [2.75, 3.05) is 6.54 Å². The van der Waals surface area contributed by atoms with E-state index in [1.807, 2.05) is 13.8 Å². The lowest BCUT2D eigenvalue weighted by Crippen LogP contribution is -2.34. The van der Waals surface area contributed by atoms with Crippen LogP contribution in [0, 0.1) is 0 Å². The maximum absolute atomic E-state index is 11.7. The van der Waals surface area contributed by atoms with Gasteiger partial charge in [-0.2, -0.15) is 0 Å². The molecule has 98 valence electrons. The summed E-state index contributed by atoms with van der Waals surface area (Å²) in [6, 6.07) is 7.20. The summed E-state index contributed by atoms with van der Waals surface area (Å²) >= 11 is 3.30. The molecule has 0 aromatic heterocycles. The number of nitrogens with one attached hydrogen (secondary N) is 2. The lowest BCUT2D eigenvalue weighted by molar-refractivity contribution is -0.121. The average molecular weight is 313 g/mol. The second-order valence-electron chi connectivity index (χ2n) is 4.24. The predicted molar refractivity (Wildman–Crippen MR) is 74.4 cm³/mol. The molecule has 0 aliphatic rings. The number of hydrogen-bond acceptors (Lipinski definition) is 2. The molecule has 2 N–H and O–H groups in total. The third-order valence-electron chi connectivity index (χ3n) is 2.19. The second kappa shape index (κ2) is 7.16. The Bertz CT molecular complexity index is 416. The Labute approximate surface area is 115 Å². The topological polar surface area (TPSA) is 58.2 Å². The molecule has 0 bridgehead atoms. The molecule has 0 unspecified atom stereocenters. The summed E-state index contributed by atoms with van der Waals surface area (Å²) in [6.07, 6.45) is 0.292. The first-order chi connectivity index (χ1) is 8.49. The molecule has 0 spiro atoms. The molecule has 0 aliphatic heterocycles. The highest BCUT2D eigenvalue weighted by atomic mass is 79.9. The van der Waals surface area contributed by atoms with E-state index >= 15 is 0 Å². The summed E-state index contributed by atoms with van der Waals surface area (Å²) < 4.78 is 0.926. The molecule has 0 aliphatic carbocycles. The number of hydrogen-bond donors (Lipinski definition) is 2. The molecule has 4 nitrogen and oxygen atoms in total. The smallest absolute Gasteiger partial charge is 0.251 e. The van der Waals surface area contributed by atoms with Crippen LogP contribution in [-0.2, 0) is 4.79 Å². The molecule has 5 heteroatoms. The zero-order valence-electron chi connectivity index (χ0n) is 10.5. The Hall–Kier alpha value is -1.36. The Morgan fingerprint density at radius 1 is 1.22 bits per heavy atom. The Morgan fingerprint density at radius 3 is 2.39 bits per heavy atom. The Balaban J connectivity index is 2.33. The van der Waals surface area contributed by atoms with Crippen molar-refractivity contribution in [3.8, 4) is 0 Å². The number of halogens is 1. The first-order valence-corrected chi connectivity index (χ1v) is 6.61. The number of rotatable bonds is 5. The minimum atomic E-state index is -0.167. The second-order valence-corrected chi connectivity index (χ2v) is 5.15. The van der Waals surface area contributed by atoms with E-state index in [9.17, 15) is 9.59 Å². The van der Waals surface area contributed by atoms with Gasteiger partial charge < -0.3 is 10.6 Å². The summed E-state index contributed by atoms with van der Waals surface area (Å²) in [5, 5.41) is 5.47. The van der Waals surface area contributed by atoms with Gasteiger partial charge in [-0.3, -0.25) is 9.59 Å². The summed E-state index contributed by atoms with van der Waals surface area (Å²) in [6.45, 7) is 4.14. The van der Waals surface area contributed by atoms with E-state index in [2.05, 4.69) is 26.6 Å². The first-order valence-electron chi connectivity index (χ1n) is 5.82. The van der Waals surface area contributed by atoms with Gasteiger partial charge in [0.1, 0.15) is 0 Å². The van der Waals surface area contributed by atoms with E-state index in [1.165, 1.54) is 0 Å². The number of benzene rings is 1. The van der Waals surface area contributed by atoms with Crippen molar-refractivity contribution in [3.05, 3.63) is 34.3 Å². The molecule has 0 heterocycles. The third-order valence-corrected chi connectivity index (χ3v) is 2.72. The van der Waals surface area contributed by atoms with Crippen molar-refractivity contribution in [2.45, 2.75) is 26.3 Å². The van der Waals surface area contributed by atoms with Crippen molar-refractivity contribution in [1.29, 1.82) is 0 Å². The van der Waals surface area contributed by atoms with Gasteiger partial charge in [0.15, 0.2) is 0 Å². The van der Waals surface area contributed by atoms with Crippen LogP contribution in [0.15, 0.2) is 28.7 Å².